The lowest BCUT2D eigenvalue weighted by atomic mass is 10.1. The molecule has 0 saturated carbocycles. The fraction of sp³-hybridized carbons (Fsp3) is 0.500. The topological polar surface area (TPSA) is 40.5 Å². The molecule has 1 aromatic rings. The van der Waals surface area contributed by atoms with Crippen molar-refractivity contribution in [3.63, 3.8) is 0 Å². The van der Waals surface area contributed by atoms with Crippen LogP contribution in [0.2, 0.25) is 0 Å². The number of anilines is 1. The van der Waals surface area contributed by atoms with Crippen molar-refractivity contribution >= 4 is 11.7 Å². The van der Waals surface area contributed by atoms with E-state index in [9.17, 15) is 9.18 Å². The normalized spacial score (nSPS) is 12.2. The summed E-state index contributed by atoms with van der Waals surface area (Å²) in [5.74, 6) is -1.92. The summed E-state index contributed by atoms with van der Waals surface area (Å²) in [6, 6.07) is 4.59. The second kappa shape index (κ2) is 6.38. The van der Waals surface area contributed by atoms with Gasteiger partial charge in [0.25, 0.3) is 0 Å². The Labute approximate surface area is 107 Å². The van der Waals surface area contributed by atoms with Gasteiger partial charge in [-0.05, 0) is 38.0 Å². The summed E-state index contributed by atoms with van der Waals surface area (Å²) >= 11 is 0. The maximum atomic E-state index is 13.4. The van der Waals surface area contributed by atoms with Crippen LogP contribution in [-0.2, 0) is 0 Å². The molecule has 0 aliphatic carbocycles. The molecule has 18 heavy (non-hydrogen) atoms. The number of carboxylic acids is 1. The Morgan fingerprint density at radius 3 is 2.61 bits per heavy atom. The van der Waals surface area contributed by atoms with Crippen LogP contribution in [0.3, 0.4) is 0 Å². The molecule has 0 aliphatic heterocycles. The predicted molar refractivity (Wildman–Crippen MR) is 70.7 cm³/mol. The van der Waals surface area contributed by atoms with E-state index in [-0.39, 0.29) is 5.56 Å². The van der Waals surface area contributed by atoms with E-state index in [4.69, 9.17) is 5.11 Å². The Hall–Kier alpha value is -1.58. The summed E-state index contributed by atoms with van der Waals surface area (Å²) in [7, 11) is 0. The van der Waals surface area contributed by atoms with Crippen LogP contribution < -0.4 is 4.90 Å². The maximum Gasteiger partial charge on any atom is 0.338 e. The van der Waals surface area contributed by atoms with Gasteiger partial charge in [-0.2, -0.15) is 0 Å². The minimum absolute atomic E-state index is 0.267. The van der Waals surface area contributed by atoms with E-state index in [0.717, 1.165) is 25.1 Å². The highest BCUT2D eigenvalue weighted by Gasteiger charge is 2.16. The van der Waals surface area contributed by atoms with Crippen LogP contribution in [0, 0.1) is 5.82 Å². The lowest BCUT2D eigenvalue weighted by Crippen LogP contribution is -2.33. The third-order valence-electron chi connectivity index (χ3n) is 3.10. The highest BCUT2D eigenvalue weighted by atomic mass is 19.1. The number of benzene rings is 1. The Bertz CT molecular complexity index is 420. The first-order valence-corrected chi connectivity index (χ1v) is 6.30. The van der Waals surface area contributed by atoms with Gasteiger partial charge in [-0.25, -0.2) is 9.18 Å². The van der Waals surface area contributed by atoms with Crippen LogP contribution in [0.1, 0.15) is 44.0 Å². The highest BCUT2D eigenvalue weighted by molar-refractivity contribution is 5.89. The van der Waals surface area contributed by atoms with Gasteiger partial charge in [-0.1, -0.05) is 13.8 Å². The molecule has 1 unspecified atom stereocenters. The molecule has 0 heterocycles. The summed E-state index contributed by atoms with van der Waals surface area (Å²) in [5.41, 5.74) is 0.502. The highest BCUT2D eigenvalue weighted by Crippen LogP contribution is 2.22. The fourth-order valence-electron chi connectivity index (χ4n) is 1.92. The van der Waals surface area contributed by atoms with Gasteiger partial charge in [0.1, 0.15) is 5.82 Å². The number of nitrogens with zero attached hydrogens (tertiary/aromatic N) is 1. The quantitative estimate of drug-likeness (QED) is 0.843. The molecule has 0 radical (unpaired) electrons. The van der Waals surface area contributed by atoms with Gasteiger partial charge in [-0.15, -0.1) is 0 Å². The molecule has 1 rings (SSSR count). The third-order valence-corrected chi connectivity index (χ3v) is 3.10. The second-order valence-electron chi connectivity index (χ2n) is 4.42. The Morgan fingerprint density at radius 2 is 2.11 bits per heavy atom. The lowest BCUT2D eigenvalue weighted by molar-refractivity contribution is 0.0692. The van der Waals surface area contributed by atoms with Crippen molar-refractivity contribution in [2.75, 3.05) is 11.4 Å². The van der Waals surface area contributed by atoms with Crippen LogP contribution in [0.15, 0.2) is 18.2 Å². The number of carboxylic acid groups (broad SMARTS) is 1. The van der Waals surface area contributed by atoms with Gasteiger partial charge in [0.15, 0.2) is 0 Å². The van der Waals surface area contributed by atoms with Gasteiger partial charge < -0.3 is 10.0 Å². The molecule has 0 fully saturated rings. The SMILES string of the molecule is CCCN(c1ccc(F)c(C(=O)O)c1)C(C)CC. The average molecular weight is 253 g/mol. The molecule has 3 nitrogen and oxygen atoms in total. The first-order valence-electron chi connectivity index (χ1n) is 6.30. The average Bonchev–Trinajstić information content (AvgIpc) is 2.35. The molecule has 0 aromatic heterocycles. The van der Waals surface area contributed by atoms with Crippen molar-refractivity contribution in [1.82, 2.24) is 0 Å². The third kappa shape index (κ3) is 3.22. The predicted octanol–water partition coefficient (Wildman–Crippen LogP) is 3.54. The molecule has 1 aromatic carbocycles. The van der Waals surface area contributed by atoms with Crippen molar-refractivity contribution < 1.29 is 14.3 Å². The lowest BCUT2D eigenvalue weighted by Gasteiger charge is -2.30. The van der Waals surface area contributed by atoms with Gasteiger partial charge in [-0.3, -0.25) is 0 Å². The molecule has 0 bridgehead atoms. The van der Waals surface area contributed by atoms with Crippen molar-refractivity contribution in [3.8, 4) is 0 Å². The summed E-state index contributed by atoms with van der Waals surface area (Å²) in [6.07, 6.45) is 1.92. The molecule has 1 atom stereocenters. The Kier molecular flexibility index (Phi) is 5.13. The van der Waals surface area contributed by atoms with Crippen LogP contribution >= 0.6 is 0 Å². The largest absolute Gasteiger partial charge is 0.478 e. The maximum absolute atomic E-state index is 13.4. The van der Waals surface area contributed by atoms with Crippen molar-refractivity contribution in [2.24, 2.45) is 0 Å². The Morgan fingerprint density at radius 1 is 1.44 bits per heavy atom. The minimum Gasteiger partial charge on any atom is -0.478 e. The number of aromatic carboxylic acids is 1. The minimum atomic E-state index is -1.23. The van der Waals surface area contributed by atoms with Crippen molar-refractivity contribution in [1.29, 1.82) is 0 Å². The van der Waals surface area contributed by atoms with Crippen LogP contribution in [0.5, 0.6) is 0 Å². The van der Waals surface area contributed by atoms with Crippen molar-refractivity contribution in [3.05, 3.63) is 29.6 Å². The zero-order chi connectivity index (χ0) is 13.7. The monoisotopic (exact) mass is 253 g/mol. The summed E-state index contributed by atoms with van der Waals surface area (Å²) < 4.78 is 13.4. The molecular formula is C14H20FNO2. The molecule has 0 saturated heterocycles. The Balaban J connectivity index is 3.12. The first kappa shape index (κ1) is 14.5. The molecule has 100 valence electrons. The van der Waals surface area contributed by atoms with E-state index in [1.165, 1.54) is 12.1 Å². The molecule has 1 N–H and O–H groups in total. The van der Waals surface area contributed by atoms with E-state index in [1.54, 1.807) is 6.07 Å². The van der Waals surface area contributed by atoms with Gasteiger partial charge in [0.05, 0.1) is 5.56 Å². The van der Waals surface area contributed by atoms with Crippen LogP contribution in [0.4, 0.5) is 10.1 Å². The molecule has 0 spiro atoms. The van der Waals surface area contributed by atoms with Crippen LogP contribution in [0.25, 0.3) is 0 Å². The van der Waals surface area contributed by atoms with E-state index in [1.807, 2.05) is 0 Å². The first-order chi connectivity index (χ1) is 8.51. The number of carbonyl (C=O) groups is 1. The van der Waals surface area contributed by atoms with Crippen molar-refractivity contribution in [2.45, 2.75) is 39.7 Å². The number of halogens is 1. The zero-order valence-corrected chi connectivity index (χ0v) is 11.1. The molecule has 0 aliphatic rings. The fourth-order valence-corrected chi connectivity index (χ4v) is 1.92. The molecule has 4 heteroatoms. The van der Waals surface area contributed by atoms with Gasteiger partial charge in [0.2, 0.25) is 0 Å². The second-order valence-corrected chi connectivity index (χ2v) is 4.42. The summed E-state index contributed by atoms with van der Waals surface area (Å²) in [6.45, 7) is 7.06. The van der Waals surface area contributed by atoms with Gasteiger partial charge in [0, 0.05) is 18.3 Å². The number of rotatable bonds is 6. The number of hydrogen-bond donors (Lipinski definition) is 1. The standard InChI is InChI=1S/C14H20FNO2/c1-4-8-16(10(3)5-2)11-6-7-13(15)12(9-11)14(17)18/h6-7,9-10H,4-5,8H2,1-3H3,(H,17,18). The number of hydrogen-bond acceptors (Lipinski definition) is 2. The zero-order valence-electron chi connectivity index (χ0n) is 11.1. The summed E-state index contributed by atoms with van der Waals surface area (Å²) in [5, 5.41) is 8.94. The molecular weight excluding hydrogens is 233 g/mol. The van der Waals surface area contributed by atoms with E-state index in [0.29, 0.717) is 6.04 Å². The van der Waals surface area contributed by atoms with E-state index in [2.05, 4.69) is 25.7 Å². The van der Waals surface area contributed by atoms with E-state index >= 15 is 0 Å². The smallest absolute Gasteiger partial charge is 0.338 e. The van der Waals surface area contributed by atoms with Gasteiger partial charge >= 0.3 is 5.97 Å². The molecule has 0 amide bonds. The van der Waals surface area contributed by atoms with E-state index < -0.39 is 11.8 Å². The van der Waals surface area contributed by atoms with Crippen LogP contribution in [-0.4, -0.2) is 23.7 Å². The summed E-state index contributed by atoms with van der Waals surface area (Å²) in [4.78, 5) is 13.1.